The zero-order valence-corrected chi connectivity index (χ0v) is 15.6. The number of urea groups is 1. The van der Waals surface area contributed by atoms with Crippen LogP contribution in [0.4, 0.5) is 4.79 Å². The van der Waals surface area contributed by atoms with Crippen LogP contribution in [0.2, 0.25) is 0 Å². The van der Waals surface area contributed by atoms with Crippen LogP contribution in [0.25, 0.3) is 0 Å². The molecule has 1 aromatic rings. The standard InChI is InChI=1S/C19H24N2O6/c1-10-15(18(23)27-12-6-4-5-7-12)16(21-19(24)20-10)11-8-13(25-2)17(22)14(9-11)26-3/h8-9,12,16,22H,4-7H2,1-3H3,(H2,20,21,24)/t16-/m0/s1. The molecule has 1 atom stereocenters. The molecule has 8 nitrogen and oxygen atoms in total. The molecule has 1 aromatic carbocycles. The Labute approximate surface area is 157 Å². The number of hydrogen-bond acceptors (Lipinski definition) is 6. The van der Waals surface area contributed by atoms with Crippen LogP contribution >= 0.6 is 0 Å². The molecule has 1 fully saturated rings. The second kappa shape index (κ2) is 7.77. The van der Waals surface area contributed by atoms with E-state index in [1.165, 1.54) is 14.2 Å². The van der Waals surface area contributed by atoms with E-state index in [0.717, 1.165) is 25.7 Å². The van der Waals surface area contributed by atoms with Crippen LogP contribution in [0.1, 0.15) is 44.2 Å². The zero-order chi connectivity index (χ0) is 19.6. The summed E-state index contributed by atoms with van der Waals surface area (Å²) in [5.74, 6) is -0.265. The van der Waals surface area contributed by atoms with Gasteiger partial charge in [0.25, 0.3) is 0 Å². The average molecular weight is 376 g/mol. The van der Waals surface area contributed by atoms with Gasteiger partial charge in [0.05, 0.1) is 25.8 Å². The fraction of sp³-hybridized carbons (Fsp3) is 0.474. The van der Waals surface area contributed by atoms with Crippen molar-refractivity contribution in [3.05, 3.63) is 29.0 Å². The third-order valence-electron chi connectivity index (χ3n) is 4.90. The highest BCUT2D eigenvalue weighted by atomic mass is 16.5. The molecule has 0 aromatic heterocycles. The number of ether oxygens (including phenoxy) is 3. The number of aromatic hydroxyl groups is 1. The molecular formula is C19H24N2O6. The topological polar surface area (TPSA) is 106 Å². The van der Waals surface area contributed by atoms with Crippen molar-refractivity contribution in [2.45, 2.75) is 44.8 Å². The molecule has 0 radical (unpaired) electrons. The summed E-state index contributed by atoms with van der Waals surface area (Å²) < 4.78 is 16.0. The van der Waals surface area contributed by atoms with Gasteiger partial charge in [0.2, 0.25) is 5.75 Å². The summed E-state index contributed by atoms with van der Waals surface area (Å²) in [6, 6.07) is 1.94. The minimum atomic E-state index is -0.754. The van der Waals surface area contributed by atoms with Crippen LogP contribution in [0.15, 0.2) is 23.4 Å². The lowest BCUT2D eigenvalue weighted by Crippen LogP contribution is -2.45. The summed E-state index contributed by atoms with van der Waals surface area (Å²) in [6.07, 6.45) is 3.69. The van der Waals surface area contributed by atoms with Crippen molar-refractivity contribution in [1.82, 2.24) is 10.6 Å². The maximum absolute atomic E-state index is 12.8. The predicted octanol–water partition coefficient (Wildman–Crippen LogP) is 2.52. The van der Waals surface area contributed by atoms with E-state index in [4.69, 9.17) is 14.2 Å². The molecule has 0 saturated heterocycles. The Morgan fingerprint density at radius 3 is 2.30 bits per heavy atom. The van der Waals surface area contributed by atoms with Gasteiger partial charge in [0.15, 0.2) is 11.5 Å². The molecule has 2 aliphatic rings. The van der Waals surface area contributed by atoms with Gasteiger partial charge >= 0.3 is 12.0 Å². The van der Waals surface area contributed by atoms with E-state index in [-0.39, 0.29) is 23.4 Å². The number of allylic oxidation sites excluding steroid dienone is 1. The lowest BCUT2D eigenvalue weighted by molar-refractivity contribution is -0.144. The maximum atomic E-state index is 12.8. The van der Waals surface area contributed by atoms with Crippen LogP contribution in [-0.2, 0) is 9.53 Å². The summed E-state index contributed by atoms with van der Waals surface area (Å²) >= 11 is 0. The van der Waals surface area contributed by atoms with Crippen LogP contribution in [0.3, 0.4) is 0 Å². The summed E-state index contributed by atoms with van der Waals surface area (Å²) in [4.78, 5) is 24.9. The lowest BCUT2D eigenvalue weighted by Gasteiger charge is -2.29. The Bertz CT molecular complexity index is 757. The van der Waals surface area contributed by atoms with Crippen molar-refractivity contribution in [3.8, 4) is 17.2 Å². The van der Waals surface area contributed by atoms with E-state index in [2.05, 4.69) is 10.6 Å². The Kier molecular flexibility index (Phi) is 5.43. The molecule has 1 saturated carbocycles. The number of phenolic OH excluding ortho intramolecular Hbond substituents is 1. The van der Waals surface area contributed by atoms with Crippen LogP contribution in [0, 0.1) is 0 Å². The van der Waals surface area contributed by atoms with Gasteiger partial charge in [0, 0.05) is 5.70 Å². The number of amides is 2. The quantitative estimate of drug-likeness (QED) is 0.682. The third kappa shape index (κ3) is 3.79. The first-order valence-electron chi connectivity index (χ1n) is 8.88. The number of methoxy groups -OCH3 is 2. The second-order valence-electron chi connectivity index (χ2n) is 6.66. The molecule has 0 bridgehead atoms. The van der Waals surface area contributed by atoms with Gasteiger partial charge in [-0.2, -0.15) is 0 Å². The summed E-state index contributed by atoms with van der Waals surface area (Å²) in [5.41, 5.74) is 1.28. The first kappa shape index (κ1) is 18.9. The largest absolute Gasteiger partial charge is 0.502 e. The molecule has 1 aliphatic heterocycles. The Balaban J connectivity index is 1.99. The predicted molar refractivity (Wildman–Crippen MR) is 96.7 cm³/mol. The van der Waals surface area contributed by atoms with Crippen molar-refractivity contribution in [2.75, 3.05) is 14.2 Å². The molecule has 0 spiro atoms. The number of carbonyl (C=O) groups excluding carboxylic acids is 2. The number of nitrogens with one attached hydrogen (secondary N) is 2. The smallest absolute Gasteiger partial charge is 0.338 e. The molecule has 3 rings (SSSR count). The van der Waals surface area contributed by atoms with Crippen LogP contribution < -0.4 is 20.1 Å². The van der Waals surface area contributed by atoms with E-state index in [1.807, 2.05) is 0 Å². The van der Waals surface area contributed by atoms with Gasteiger partial charge in [-0.05, 0) is 50.3 Å². The van der Waals surface area contributed by atoms with Gasteiger partial charge in [-0.15, -0.1) is 0 Å². The number of esters is 1. The number of benzene rings is 1. The molecule has 2 amide bonds. The second-order valence-corrected chi connectivity index (χ2v) is 6.66. The lowest BCUT2D eigenvalue weighted by atomic mass is 9.95. The minimum Gasteiger partial charge on any atom is -0.502 e. The van der Waals surface area contributed by atoms with E-state index in [0.29, 0.717) is 16.8 Å². The first-order chi connectivity index (χ1) is 12.9. The van der Waals surface area contributed by atoms with Crippen molar-refractivity contribution in [1.29, 1.82) is 0 Å². The van der Waals surface area contributed by atoms with Gasteiger partial charge in [-0.25, -0.2) is 9.59 Å². The van der Waals surface area contributed by atoms with E-state index >= 15 is 0 Å². The maximum Gasteiger partial charge on any atom is 0.338 e. The SMILES string of the molecule is COc1cc([C@@H]2NC(=O)NC(C)=C2C(=O)OC2CCCC2)cc(OC)c1O. The molecular weight excluding hydrogens is 352 g/mol. The van der Waals surface area contributed by atoms with Crippen molar-refractivity contribution in [3.63, 3.8) is 0 Å². The Hall–Kier alpha value is -2.90. The first-order valence-corrected chi connectivity index (χ1v) is 8.88. The number of hydrogen-bond donors (Lipinski definition) is 3. The molecule has 8 heteroatoms. The Morgan fingerprint density at radius 2 is 1.74 bits per heavy atom. The van der Waals surface area contributed by atoms with Gasteiger partial charge < -0.3 is 30.0 Å². The highest BCUT2D eigenvalue weighted by Crippen LogP contribution is 2.41. The van der Waals surface area contributed by atoms with Gasteiger partial charge in [-0.3, -0.25) is 0 Å². The summed E-state index contributed by atoms with van der Waals surface area (Å²) in [5, 5.41) is 15.5. The average Bonchev–Trinajstić information content (AvgIpc) is 3.14. The zero-order valence-electron chi connectivity index (χ0n) is 15.6. The number of rotatable bonds is 5. The van der Waals surface area contributed by atoms with Crippen LogP contribution in [-0.4, -0.2) is 37.4 Å². The Morgan fingerprint density at radius 1 is 1.15 bits per heavy atom. The van der Waals surface area contributed by atoms with E-state index < -0.39 is 18.0 Å². The number of carbonyl (C=O) groups is 2. The van der Waals surface area contributed by atoms with Crippen molar-refractivity contribution < 1.29 is 28.9 Å². The van der Waals surface area contributed by atoms with E-state index in [1.54, 1.807) is 19.1 Å². The third-order valence-corrected chi connectivity index (χ3v) is 4.90. The molecule has 1 heterocycles. The molecule has 1 aliphatic carbocycles. The van der Waals surface area contributed by atoms with Crippen LogP contribution in [0.5, 0.6) is 17.2 Å². The number of phenols is 1. The minimum absolute atomic E-state index is 0.0973. The summed E-state index contributed by atoms with van der Waals surface area (Å²) in [6.45, 7) is 1.66. The van der Waals surface area contributed by atoms with Crippen molar-refractivity contribution in [2.24, 2.45) is 0 Å². The fourth-order valence-electron chi connectivity index (χ4n) is 3.52. The molecule has 146 valence electrons. The van der Waals surface area contributed by atoms with Gasteiger partial charge in [0.1, 0.15) is 6.10 Å². The van der Waals surface area contributed by atoms with Crippen molar-refractivity contribution >= 4 is 12.0 Å². The monoisotopic (exact) mass is 376 g/mol. The van der Waals surface area contributed by atoms with E-state index in [9.17, 15) is 14.7 Å². The molecule has 27 heavy (non-hydrogen) atoms. The highest BCUT2D eigenvalue weighted by Gasteiger charge is 2.34. The highest BCUT2D eigenvalue weighted by molar-refractivity contribution is 5.95. The normalized spacial score (nSPS) is 20.1. The van der Waals surface area contributed by atoms with Gasteiger partial charge in [-0.1, -0.05) is 0 Å². The molecule has 3 N–H and O–H groups in total. The fourth-order valence-corrected chi connectivity index (χ4v) is 3.52. The summed E-state index contributed by atoms with van der Waals surface area (Å²) in [7, 11) is 2.82. The molecule has 0 unspecified atom stereocenters.